The molecule has 2 aliphatic rings. The number of carbonyl (C=O) groups excluding carboxylic acids is 1. The molecule has 40 heavy (non-hydrogen) atoms. The van der Waals surface area contributed by atoms with Crippen molar-refractivity contribution in [3.63, 3.8) is 0 Å². The molecule has 4 heterocycles. The number of nitrogens with zero attached hydrogens (tertiary/aromatic N) is 5. The zero-order chi connectivity index (χ0) is 27.6. The first-order chi connectivity index (χ1) is 19.5. The van der Waals surface area contributed by atoms with Crippen molar-refractivity contribution in [1.29, 1.82) is 0 Å². The average molecular weight is 564 g/mol. The fraction of sp³-hybridized carbons (Fsp3) is 0.414. The first kappa shape index (κ1) is 26.6. The summed E-state index contributed by atoms with van der Waals surface area (Å²) in [5.74, 6) is 1.43. The number of ether oxygens (including phenoxy) is 2. The maximum Gasteiger partial charge on any atom is 0.217 e. The predicted molar refractivity (Wildman–Crippen MR) is 157 cm³/mol. The Morgan fingerprint density at radius 2 is 2.05 bits per heavy atom. The molecule has 4 aromatic rings. The molecule has 2 saturated heterocycles. The Kier molecular flexibility index (Phi) is 7.64. The Labute approximate surface area is 238 Å². The molecule has 2 fully saturated rings. The summed E-state index contributed by atoms with van der Waals surface area (Å²) in [6.07, 6.45) is 4.48. The van der Waals surface area contributed by atoms with E-state index in [1.165, 1.54) is 0 Å². The molecule has 10 nitrogen and oxygen atoms in total. The number of benzene rings is 2. The fourth-order valence-corrected chi connectivity index (χ4v) is 5.80. The third kappa shape index (κ3) is 5.52. The van der Waals surface area contributed by atoms with Gasteiger partial charge in [-0.2, -0.15) is 0 Å². The number of amides is 1. The molecular weight excluding hydrogens is 530 g/mol. The van der Waals surface area contributed by atoms with Crippen LogP contribution in [0.25, 0.3) is 16.6 Å². The van der Waals surface area contributed by atoms with Gasteiger partial charge in [0.2, 0.25) is 5.91 Å². The highest BCUT2D eigenvalue weighted by Gasteiger charge is 2.27. The summed E-state index contributed by atoms with van der Waals surface area (Å²) in [7, 11) is 0. The van der Waals surface area contributed by atoms with Crippen molar-refractivity contribution in [3.8, 4) is 5.75 Å². The lowest BCUT2D eigenvalue weighted by Gasteiger charge is -2.27. The van der Waals surface area contributed by atoms with Crippen LogP contribution in [0.1, 0.15) is 18.9 Å². The van der Waals surface area contributed by atoms with Gasteiger partial charge in [0.15, 0.2) is 5.82 Å². The highest BCUT2D eigenvalue weighted by Crippen LogP contribution is 2.37. The number of carbonyl (C=O) groups is 1. The van der Waals surface area contributed by atoms with E-state index in [1.54, 1.807) is 19.4 Å². The second kappa shape index (κ2) is 11.5. The molecule has 2 aromatic heterocycles. The van der Waals surface area contributed by atoms with E-state index in [1.807, 2.05) is 35.6 Å². The van der Waals surface area contributed by atoms with Crippen LogP contribution in [-0.2, 0) is 9.53 Å². The molecule has 11 heteroatoms. The molecule has 0 bridgehead atoms. The molecule has 0 saturated carbocycles. The van der Waals surface area contributed by atoms with Gasteiger partial charge in [-0.05, 0) is 31.0 Å². The van der Waals surface area contributed by atoms with E-state index >= 15 is 0 Å². The molecule has 1 atom stereocenters. The molecule has 2 aliphatic heterocycles. The third-order valence-corrected chi connectivity index (χ3v) is 7.91. The van der Waals surface area contributed by atoms with Crippen molar-refractivity contribution in [2.24, 2.45) is 0 Å². The van der Waals surface area contributed by atoms with Crippen LogP contribution in [0.2, 0.25) is 5.02 Å². The minimum Gasteiger partial charge on any atom is -0.490 e. The van der Waals surface area contributed by atoms with E-state index in [9.17, 15) is 4.79 Å². The number of morpholine rings is 1. The van der Waals surface area contributed by atoms with Gasteiger partial charge in [0.1, 0.15) is 17.9 Å². The van der Waals surface area contributed by atoms with Crippen molar-refractivity contribution >= 4 is 51.3 Å². The van der Waals surface area contributed by atoms with E-state index in [0.29, 0.717) is 17.4 Å². The van der Waals surface area contributed by atoms with Crippen LogP contribution < -0.4 is 20.3 Å². The summed E-state index contributed by atoms with van der Waals surface area (Å²) in [6, 6.07) is 10.1. The van der Waals surface area contributed by atoms with E-state index in [0.717, 1.165) is 91.6 Å². The van der Waals surface area contributed by atoms with Gasteiger partial charge in [0, 0.05) is 51.8 Å². The number of nitrogens with one attached hydrogen (secondary N) is 2. The van der Waals surface area contributed by atoms with Crippen molar-refractivity contribution in [2.75, 3.05) is 62.8 Å². The molecule has 1 amide bonds. The predicted octanol–water partition coefficient (Wildman–Crippen LogP) is 4.01. The lowest BCUT2D eigenvalue weighted by atomic mass is 10.2. The van der Waals surface area contributed by atoms with Gasteiger partial charge >= 0.3 is 0 Å². The summed E-state index contributed by atoms with van der Waals surface area (Å²) < 4.78 is 14.0. The van der Waals surface area contributed by atoms with Crippen molar-refractivity contribution in [2.45, 2.75) is 26.3 Å². The average Bonchev–Trinajstić information content (AvgIpc) is 3.61. The second-order valence-corrected chi connectivity index (χ2v) is 10.8. The van der Waals surface area contributed by atoms with Crippen LogP contribution in [0.15, 0.2) is 42.9 Å². The first-order valence-electron chi connectivity index (χ1n) is 13.7. The Morgan fingerprint density at radius 3 is 2.85 bits per heavy atom. The van der Waals surface area contributed by atoms with Gasteiger partial charge in [-0.1, -0.05) is 23.7 Å². The number of anilines is 3. The standard InChI is InChI=1S/C29H34ClN7O3/c1-19-4-3-5-22(30)28(19)34-29-26-16-31-18-37(26)24-15-25(36-7-6-21(17-36)32-20(2)38)27(14-23(24)33-29)40-13-10-35-8-11-39-12-9-35/h3-5,14-16,18,21H,6-13,17H2,1-2H3,(H,32,38)(H,33,34). The molecule has 2 N–H and O–H groups in total. The van der Waals surface area contributed by atoms with Gasteiger partial charge in [-0.3, -0.25) is 14.1 Å². The van der Waals surface area contributed by atoms with E-state index in [2.05, 4.69) is 31.5 Å². The number of imidazole rings is 1. The molecule has 6 rings (SSSR count). The van der Waals surface area contributed by atoms with Crippen LogP contribution in [0, 0.1) is 6.92 Å². The highest BCUT2D eigenvalue weighted by molar-refractivity contribution is 6.33. The number of aromatic nitrogens is 3. The van der Waals surface area contributed by atoms with Crippen LogP contribution in [0.3, 0.4) is 0 Å². The monoisotopic (exact) mass is 563 g/mol. The first-order valence-corrected chi connectivity index (χ1v) is 14.1. The van der Waals surface area contributed by atoms with Crippen LogP contribution in [-0.4, -0.2) is 83.8 Å². The maximum absolute atomic E-state index is 11.7. The summed E-state index contributed by atoms with van der Waals surface area (Å²) in [5.41, 5.74) is 5.38. The van der Waals surface area contributed by atoms with Gasteiger partial charge in [0.05, 0.1) is 53.2 Å². The van der Waals surface area contributed by atoms with Gasteiger partial charge in [-0.15, -0.1) is 0 Å². The summed E-state index contributed by atoms with van der Waals surface area (Å²) in [6.45, 7) is 9.83. The number of fused-ring (bicyclic) bond motifs is 3. The number of hydrogen-bond donors (Lipinski definition) is 2. The lowest BCUT2D eigenvalue weighted by Crippen LogP contribution is -2.38. The topological polar surface area (TPSA) is 96.3 Å². The Balaban J connectivity index is 1.37. The smallest absolute Gasteiger partial charge is 0.217 e. The maximum atomic E-state index is 11.7. The zero-order valence-corrected chi connectivity index (χ0v) is 23.6. The lowest BCUT2D eigenvalue weighted by molar-refractivity contribution is -0.119. The molecule has 0 radical (unpaired) electrons. The van der Waals surface area contributed by atoms with Gasteiger partial charge in [0.25, 0.3) is 0 Å². The van der Waals surface area contributed by atoms with Crippen LogP contribution in [0.4, 0.5) is 17.2 Å². The molecule has 0 aliphatic carbocycles. The van der Waals surface area contributed by atoms with E-state index < -0.39 is 0 Å². The van der Waals surface area contributed by atoms with Crippen LogP contribution in [0.5, 0.6) is 5.75 Å². The van der Waals surface area contributed by atoms with E-state index in [4.69, 9.17) is 26.1 Å². The molecule has 210 valence electrons. The van der Waals surface area contributed by atoms with E-state index in [-0.39, 0.29) is 11.9 Å². The Hall–Kier alpha value is -3.60. The molecular formula is C29H34ClN7O3. The quantitative estimate of drug-likeness (QED) is 0.332. The van der Waals surface area contributed by atoms with Crippen molar-refractivity contribution in [1.82, 2.24) is 24.6 Å². The number of rotatable bonds is 8. The Bertz CT molecular complexity index is 1520. The summed E-state index contributed by atoms with van der Waals surface area (Å²) in [5, 5.41) is 7.14. The SMILES string of the molecule is CC(=O)NC1CCN(c2cc3c(cc2OCCN2CCOCC2)nc(Nc2c(C)cccc2Cl)c2cncn23)C1. The third-order valence-electron chi connectivity index (χ3n) is 7.60. The molecule has 1 unspecified atom stereocenters. The largest absolute Gasteiger partial charge is 0.490 e. The van der Waals surface area contributed by atoms with Crippen molar-refractivity contribution in [3.05, 3.63) is 53.4 Å². The number of hydrogen-bond acceptors (Lipinski definition) is 8. The van der Waals surface area contributed by atoms with Gasteiger partial charge in [-0.25, -0.2) is 9.97 Å². The minimum atomic E-state index is -0.00884. The van der Waals surface area contributed by atoms with Crippen LogP contribution >= 0.6 is 11.6 Å². The normalized spacial score (nSPS) is 18.0. The Morgan fingerprint density at radius 1 is 1.20 bits per heavy atom. The molecule has 0 spiro atoms. The fourth-order valence-electron chi connectivity index (χ4n) is 5.53. The summed E-state index contributed by atoms with van der Waals surface area (Å²) >= 11 is 6.53. The van der Waals surface area contributed by atoms with Gasteiger partial charge < -0.3 is 25.0 Å². The number of halogens is 1. The minimum absolute atomic E-state index is 0.00884. The summed E-state index contributed by atoms with van der Waals surface area (Å²) in [4.78, 5) is 25.8. The second-order valence-electron chi connectivity index (χ2n) is 10.4. The highest BCUT2D eigenvalue weighted by atomic mass is 35.5. The molecule has 2 aromatic carbocycles. The number of para-hydroxylation sites is 1. The zero-order valence-electron chi connectivity index (χ0n) is 22.8. The number of aryl methyl sites for hydroxylation is 1. The van der Waals surface area contributed by atoms with Crippen molar-refractivity contribution < 1.29 is 14.3 Å².